The van der Waals surface area contributed by atoms with Gasteiger partial charge in [-0.3, -0.25) is 14.2 Å². The Morgan fingerprint density at radius 3 is 2.80 bits per heavy atom. The number of anilines is 1. The first-order chi connectivity index (χ1) is 11.8. The molecule has 1 aromatic rings. The Hall–Kier alpha value is -2.20. The maximum atomic E-state index is 12.2. The number of nitrogens with two attached hydrogens (primary N) is 1. The molecule has 0 aliphatic carbocycles. The Kier molecular flexibility index (Phi) is 6.32. The molecule has 3 atom stereocenters. The van der Waals surface area contributed by atoms with Crippen molar-refractivity contribution in [1.82, 2.24) is 9.55 Å². The predicted molar refractivity (Wildman–Crippen MR) is 91.6 cm³/mol. The molecule has 2 N–H and O–H groups in total. The van der Waals surface area contributed by atoms with Crippen LogP contribution in [-0.2, 0) is 23.8 Å². The second-order valence-electron chi connectivity index (χ2n) is 5.40. The molecule has 1 aliphatic heterocycles. The number of halogens is 1. The molecule has 0 radical (unpaired) electrons. The van der Waals surface area contributed by atoms with E-state index < -0.39 is 36.1 Å². The number of esters is 2. The molecule has 0 aromatic carbocycles. The van der Waals surface area contributed by atoms with E-state index in [2.05, 4.69) is 20.9 Å². The number of nitrogens with zero attached hydrogens (tertiary/aromatic N) is 2. The normalized spacial score (nSPS) is 22.9. The molecule has 1 saturated heterocycles. The first-order valence-electron chi connectivity index (χ1n) is 7.43. The molecule has 1 aromatic heterocycles. The van der Waals surface area contributed by atoms with E-state index in [1.54, 1.807) is 11.1 Å². The number of carbonyl (C=O) groups excluding carboxylic acids is 2. The van der Waals surface area contributed by atoms with Crippen LogP contribution >= 0.6 is 15.9 Å². The smallest absolute Gasteiger partial charge is 0.351 e. The highest BCUT2D eigenvalue weighted by atomic mass is 79.9. The summed E-state index contributed by atoms with van der Waals surface area (Å²) in [4.78, 5) is 39.9. The molecule has 2 heterocycles. The fraction of sp³-hybridized carbons (Fsp3) is 0.467. The van der Waals surface area contributed by atoms with Crippen LogP contribution in [0.1, 0.15) is 32.1 Å². The number of hydrogen-bond acceptors (Lipinski definition) is 8. The quantitative estimate of drug-likeness (QED) is 0.705. The van der Waals surface area contributed by atoms with Gasteiger partial charge < -0.3 is 19.9 Å². The second kappa shape index (κ2) is 8.26. The lowest BCUT2D eigenvalue weighted by molar-refractivity contribution is -0.153. The number of ether oxygens (including phenoxy) is 3. The lowest BCUT2D eigenvalue weighted by Crippen LogP contribution is -2.34. The SMILES string of the molecule is CC(=O)OC[C@@H]1C[C@@H](OC(C)=O)[C@H](n2cc(C=CBr)c(N)nc2=O)O1. The third kappa shape index (κ3) is 4.89. The molecule has 9 nitrogen and oxygen atoms in total. The van der Waals surface area contributed by atoms with Gasteiger partial charge in [-0.25, -0.2) is 4.79 Å². The molecule has 0 unspecified atom stereocenters. The summed E-state index contributed by atoms with van der Waals surface area (Å²) in [6, 6.07) is 0. The van der Waals surface area contributed by atoms with Gasteiger partial charge in [0.15, 0.2) is 6.23 Å². The van der Waals surface area contributed by atoms with Crippen LogP contribution in [0.4, 0.5) is 5.82 Å². The Bertz CT molecular complexity index is 747. The third-order valence-corrected chi connectivity index (χ3v) is 3.73. The number of aromatic nitrogens is 2. The summed E-state index contributed by atoms with van der Waals surface area (Å²) in [6.07, 6.45) is 1.23. The molecule has 1 fully saturated rings. The Labute approximate surface area is 151 Å². The molecule has 0 bridgehead atoms. The average Bonchev–Trinajstić information content (AvgIpc) is 2.90. The summed E-state index contributed by atoms with van der Waals surface area (Å²) < 4.78 is 17.1. The highest BCUT2D eigenvalue weighted by molar-refractivity contribution is 9.11. The van der Waals surface area contributed by atoms with Gasteiger partial charge in [0.25, 0.3) is 0 Å². The van der Waals surface area contributed by atoms with Crippen LogP contribution in [0.2, 0.25) is 0 Å². The van der Waals surface area contributed by atoms with Crippen LogP contribution in [0.15, 0.2) is 16.0 Å². The molecule has 0 amide bonds. The van der Waals surface area contributed by atoms with E-state index in [1.807, 2.05) is 0 Å². The van der Waals surface area contributed by atoms with Gasteiger partial charge in [-0.15, -0.1) is 0 Å². The molecule has 1 aliphatic rings. The molecule has 25 heavy (non-hydrogen) atoms. The maximum absolute atomic E-state index is 12.2. The van der Waals surface area contributed by atoms with Gasteiger partial charge in [0.1, 0.15) is 18.5 Å². The summed E-state index contributed by atoms with van der Waals surface area (Å²) in [5.41, 5.74) is 5.57. The number of nitrogen functional groups attached to an aromatic ring is 1. The van der Waals surface area contributed by atoms with E-state index in [1.165, 1.54) is 24.6 Å². The zero-order valence-corrected chi connectivity index (χ0v) is 15.3. The second-order valence-corrected chi connectivity index (χ2v) is 5.93. The molecule has 0 saturated carbocycles. The molecule has 10 heteroatoms. The maximum Gasteiger partial charge on any atom is 0.351 e. The van der Waals surface area contributed by atoms with Crippen molar-refractivity contribution in [2.45, 2.75) is 38.7 Å². The van der Waals surface area contributed by atoms with Crippen LogP contribution < -0.4 is 11.4 Å². The van der Waals surface area contributed by atoms with Crippen molar-refractivity contribution in [2.24, 2.45) is 0 Å². The topological polar surface area (TPSA) is 123 Å². The lowest BCUT2D eigenvalue weighted by atomic mass is 10.2. The van der Waals surface area contributed by atoms with Crippen LogP contribution in [0, 0.1) is 0 Å². The van der Waals surface area contributed by atoms with E-state index in [-0.39, 0.29) is 18.8 Å². The highest BCUT2D eigenvalue weighted by Gasteiger charge is 2.40. The van der Waals surface area contributed by atoms with E-state index in [0.717, 1.165) is 0 Å². The van der Waals surface area contributed by atoms with Crippen LogP contribution in [-0.4, -0.2) is 40.3 Å². The zero-order valence-electron chi connectivity index (χ0n) is 13.7. The lowest BCUT2D eigenvalue weighted by Gasteiger charge is -2.21. The fourth-order valence-electron chi connectivity index (χ4n) is 2.47. The highest BCUT2D eigenvalue weighted by Crippen LogP contribution is 2.31. The standard InChI is InChI=1S/C15H18BrN3O6/c1-8(20)23-7-11-5-12(24-9(2)21)14(25-11)19-6-10(3-4-16)13(17)18-15(19)22/h3-4,6,11-12,14H,5,7H2,1-2H3,(H2,17,18,22)/t11-,12+,14+/m0/s1. The number of rotatable bonds is 5. The Morgan fingerprint density at radius 1 is 1.48 bits per heavy atom. The van der Waals surface area contributed by atoms with Crippen molar-refractivity contribution in [3.63, 3.8) is 0 Å². The third-order valence-electron chi connectivity index (χ3n) is 3.46. The van der Waals surface area contributed by atoms with Crippen molar-refractivity contribution in [3.05, 3.63) is 27.2 Å². The monoisotopic (exact) mass is 415 g/mol. The van der Waals surface area contributed by atoms with Gasteiger partial charge in [-0.05, 0) is 11.1 Å². The fourth-order valence-corrected chi connectivity index (χ4v) is 2.76. The van der Waals surface area contributed by atoms with Gasteiger partial charge in [0, 0.05) is 32.0 Å². The molecular formula is C15H18BrN3O6. The van der Waals surface area contributed by atoms with E-state index in [4.69, 9.17) is 19.9 Å². The minimum absolute atomic E-state index is 0.00505. The van der Waals surface area contributed by atoms with Crippen molar-refractivity contribution < 1.29 is 23.8 Å². The van der Waals surface area contributed by atoms with Gasteiger partial charge >= 0.3 is 17.6 Å². The van der Waals surface area contributed by atoms with Crippen LogP contribution in [0.25, 0.3) is 6.08 Å². The first kappa shape index (κ1) is 19.1. The van der Waals surface area contributed by atoms with Gasteiger partial charge in [0.2, 0.25) is 0 Å². The number of carbonyl (C=O) groups is 2. The summed E-state index contributed by atoms with van der Waals surface area (Å²) in [5.74, 6) is -0.897. The van der Waals surface area contributed by atoms with Crippen LogP contribution in [0.3, 0.4) is 0 Å². The number of hydrogen-bond donors (Lipinski definition) is 1. The Balaban J connectivity index is 2.33. The van der Waals surface area contributed by atoms with Crippen molar-refractivity contribution in [1.29, 1.82) is 0 Å². The summed E-state index contributed by atoms with van der Waals surface area (Å²) in [7, 11) is 0. The minimum Gasteiger partial charge on any atom is -0.463 e. The van der Waals surface area contributed by atoms with E-state index in [0.29, 0.717) is 5.56 Å². The van der Waals surface area contributed by atoms with Crippen LogP contribution in [0.5, 0.6) is 0 Å². The first-order valence-corrected chi connectivity index (χ1v) is 8.34. The largest absolute Gasteiger partial charge is 0.463 e. The predicted octanol–water partition coefficient (Wildman–Crippen LogP) is 0.973. The minimum atomic E-state index is -0.896. The van der Waals surface area contributed by atoms with Gasteiger partial charge in [0.05, 0.1) is 6.10 Å². The molecular weight excluding hydrogens is 398 g/mol. The van der Waals surface area contributed by atoms with E-state index in [9.17, 15) is 14.4 Å². The molecule has 0 spiro atoms. The summed E-state index contributed by atoms with van der Waals surface area (Å²) >= 11 is 3.13. The van der Waals surface area contributed by atoms with Crippen molar-refractivity contribution >= 4 is 39.8 Å². The van der Waals surface area contributed by atoms with E-state index >= 15 is 0 Å². The summed E-state index contributed by atoms with van der Waals surface area (Å²) in [5, 5.41) is 0. The molecule has 2 rings (SSSR count). The zero-order chi connectivity index (χ0) is 18.6. The molecule has 136 valence electrons. The van der Waals surface area contributed by atoms with Gasteiger partial charge in [-0.1, -0.05) is 15.9 Å². The average molecular weight is 416 g/mol. The van der Waals surface area contributed by atoms with Crippen molar-refractivity contribution in [3.8, 4) is 0 Å². The van der Waals surface area contributed by atoms with Gasteiger partial charge in [-0.2, -0.15) is 4.98 Å². The Morgan fingerprint density at radius 2 is 2.20 bits per heavy atom. The van der Waals surface area contributed by atoms with Crippen molar-refractivity contribution in [2.75, 3.05) is 12.3 Å². The summed E-state index contributed by atoms with van der Waals surface area (Å²) in [6.45, 7) is 2.54.